The Hall–Kier alpha value is -3.34. The third-order valence-corrected chi connectivity index (χ3v) is 8.46. The molecule has 1 saturated heterocycles. The highest BCUT2D eigenvalue weighted by molar-refractivity contribution is 7.89. The van der Waals surface area contributed by atoms with E-state index in [1.54, 1.807) is 18.3 Å². The number of halogens is 1. The van der Waals surface area contributed by atoms with Gasteiger partial charge in [0, 0.05) is 48.4 Å². The Bertz CT molecular complexity index is 1510. The smallest absolute Gasteiger partial charge is 0.216 e. The van der Waals surface area contributed by atoms with Crippen LogP contribution in [0.15, 0.2) is 54.7 Å². The molecule has 10 heteroatoms. The first kappa shape index (κ1) is 22.1. The summed E-state index contributed by atoms with van der Waals surface area (Å²) in [5.41, 5.74) is 5.03. The van der Waals surface area contributed by atoms with Crippen molar-refractivity contribution in [3.05, 3.63) is 66.1 Å². The molecule has 0 spiro atoms. The first-order valence-corrected chi connectivity index (χ1v) is 13.1. The molecule has 0 unspecified atom stereocenters. The van der Waals surface area contributed by atoms with Gasteiger partial charge in [0.1, 0.15) is 11.5 Å². The SMILES string of the molecule is O=S1(=O)CCOCc2ccc(F)c(c2)-c2cc3c(n[nH]c3cn2)-c2cccc(c2)N2CCN1CC2. The van der Waals surface area contributed by atoms with Crippen molar-refractivity contribution in [2.75, 3.05) is 43.4 Å². The van der Waals surface area contributed by atoms with Crippen LogP contribution in [0.25, 0.3) is 33.4 Å². The quantitative estimate of drug-likeness (QED) is 0.404. The molecule has 1 fully saturated rings. The lowest BCUT2D eigenvalue weighted by atomic mass is 10.0. The van der Waals surface area contributed by atoms with Gasteiger partial charge in [-0.3, -0.25) is 10.1 Å². The molecular formula is C25H24FN5O3S. The Morgan fingerprint density at radius 3 is 2.74 bits per heavy atom. The summed E-state index contributed by atoms with van der Waals surface area (Å²) >= 11 is 0. The molecular weight excluding hydrogens is 469 g/mol. The van der Waals surface area contributed by atoms with E-state index in [-0.39, 0.29) is 19.0 Å². The molecule has 1 N–H and O–H groups in total. The van der Waals surface area contributed by atoms with Gasteiger partial charge in [0.2, 0.25) is 10.0 Å². The standard InChI is InChI=1S/C25H24FN5O3S/c26-22-5-4-17-12-20(22)23-14-21-24(15-27-23)28-29-25(21)18-2-1-3-19(13-18)30-6-8-31(9-7-30)35(32,33)11-10-34-16-17/h1-5,12-15H,6-11,16H2,(H,28,29). The number of nitrogens with zero attached hydrogens (tertiary/aromatic N) is 4. The van der Waals surface area contributed by atoms with Gasteiger partial charge in [0.05, 0.1) is 36.4 Å². The molecule has 0 aliphatic carbocycles. The second-order valence-corrected chi connectivity index (χ2v) is 10.9. The van der Waals surface area contributed by atoms with E-state index >= 15 is 0 Å². The van der Waals surface area contributed by atoms with Crippen LogP contribution in [0.4, 0.5) is 10.1 Å². The molecule has 0 amide bonds. The summed E-state index contributed by atoms with van der Waals surface area (Å²) in [6, 6.07) is 14.6. The molecule has 8 nitrogen and oxygen atoms in total. The van der Waals surface area contributed by atoms with Gasteiger partial charge in [-0.2, -0.15) is 9.40 Å². The average molecular weight is 494 g/mol. The van der Waals surface area contributed by atoms with Crippen molar-refractivity contribution in [2.45, 2.75) is 6.61 Å². The zero-order valence-corrected chi connectivity index (χ0v) is 19.8. The normalized spacial score (nSPS) is 18.4. The topological polar surface area (TPSA) is 91.4 Å². The lowest BCUT2D eigenvalue weighted by Gasteiger charge is -2.35. The number of nitrogens with one attached hydrogen (secondary N) is 1. The van der Waals surface area contributed by atoms with Gasteiger partial charge >= 0.3 is 0 Å². The number of pyridine rings is 1. The number of aromatic nitrogens is 3. The van der Waals surface area contributed by atoms with Crippen LogP contribution in [0.1, 0.15) is 5.56 Å². The van der Waals surface area contributed by atoms with E-state index in [0.29, 0.717) is 37.4 Å². The highest BCUT2D eigenvalue weighted by Crippen LogP contribution is 2.32. The molecule has 2 aromatic carbocycles. The molecule has 180 valence electrons. The number of ether oxygens (including phenoxy) is 1. The number of rotatable bonds is 0. The largest absolute Gasteiger partial charge is 0.376 e. The van der Waals surface area contributed by atoms with E-state index in [2.05, 4.69) is 26.1 Å². The van der Waals surface area contributed by atoms with Crippen molar-refractivity contribution in [2.24, 2.45) is 0 Å². The third-order valence-electron chi connectivity index (χ3n) is 6.63. The molecule has 0 radical (unpaired) electrons. The van der Waals surface area contributed by atoms with Gasteiger partial charge < -0.3 is 9.64 Å². The van der Waals surface area contributed by atoms with Crippen molar-refractivity contribution in [3.63, 3.8) is 0 Å². The lowest BCUT2D eigenvalue weighted by molar-refractivity contribution is 0.134. The lowest BCUT2D eigenvalue weighted by Crippen LogP contribution is -2.49. The highest BCUT2D eigenvalue weighted by atomic mass is 32.2. The zero-order chi connectivity index (χ0) is 24.0. The average Bonchev–Trinajstić information content (AvgIpc) is 3.30. The Balaban J connectivity index is 1.47. The van der Waals surface area contributed by atoms with E-state index in [9.17, 15) is 12.8 Å². The summed E-state index contributed by atoms with van der Waals surface area (Å²) in [7, 11) is -3.42. The van der Waals surface area contributed by atoms with Crippen LogP contribution >= 0.6 is 0 Å². The summed E-state index contributed by atoms with van der Waals surface area (Å²) in [6.45, 7) is 2.30. The molecule has 35 heavy (non-hydrogen) atoms. The molecule has 0 atom stereocenters. The van der Waals surface area contributed by atoms with Crippen LogP contribution in [-0.2, 0) is 21.4 Å². The molecule has 2 aromatic heterocycles. The number of piperazine rings is 1. The number of benzene rings is 2. The summed E-state index contributed by atoms with van der Waals surface area (Å²) in [5, 5.41) is 8.40. The number of H-pyrrole nitrogens is 1. The van der Waals surface area contributed by atoms with Crippen molar-refractivity contribution in [3.8, 4) is 22.5 Å². The van der Waals surface area contributed by atoms with Crippen LogP contribution in [0, 0.1) is 5.82 Å². The van der Waals surface area contributed by atoms with Gasteiger partial charge in [-0.05, 0) is 35.9 Å². The maximum atomic E-state index is 14.8. The number of fused-ring (bicyclic) bond motifs is 6. The minimum absolute atomic E-state index is 0.0693. The van der Waals surface area contributed by atoms with Crippen molar-refractivity contribution in [1.82, 2.24) is 19.5 Å². The fraction of sp³-hybridized carbons (Fsp3) is 0.280. The van der Waals surface area contributed by atoms with Crippen LogP contribution in [0.2, 0.25) is 0 Å². The maximum Gasteiger partial charge on any atom is 0.216 e. The summed E-state index contributed by atoms with van der Waals surface area (Å²) in [4.78, 5) is 6.64. The van der Waals surface area contributed by atoms with Gasteiger partial charge in [0.25, 0.3) is 0 Å². The van der Waals surface area contributed by atoms with Crippen molar-refractivity contribution >= 4 is 26.6 Å². The Morgan fingerprint density at radius 2 is 1.89 bits per heavy atom. The first-order valence-electron chi connectivity index (χ1n) is 11.5. The van der Waals surface area contributed by atoms with E-state index in [0.717, 1.165) is 33.4 Å². The van der Waals surface area contributed by atoms with E-state index in [4.69, 9.17) is 4.74 Å². The minimum atomic E-state index is -3.42. The second kappa shape index (κ2) is 8.71. The fourth-order valence-corrected chi connectivity index (χ4v) is 6.01. The predicted molar refractivity (Wildman–Crippen MR) is 132 cm³/mol. The van der Waals surface area contributed by atoms with E-state index < -0.39 is 15.8 Å². The van der Waals surface area contributed by atoms with Gasteiger partial charge in [0.15, 0.2) is 0 Å². The van der Waals surface area contributed by atoms with Crippen molar-refractivity contribution in [1.29, 1.82) is 0 Å². The fourth-order valence-electron chi connectivity index (χ4n) is 4.70. The molecule has 8 bridgehead atoms. The number of aromatic amines is 1. The van der Waals surface area contributed by atoms with E-state index in [1.807, 2.05) is 24.3 Å². The number of sulfonamides is 1. The zero-order valence-electron chi connectivity index (χ0n) is 18.9. The van der Waals surface area contributed by atoms with Crippen LogP contribution < -0.4 is 4.90 Å². The molecule has 4 aromatic rings. The summed E-state index contributed by atoms with van der Waals surface area (Å²) in [6.07, 6.45) is 1.67. The Morgan fingerprint density at radius 1 is 1.03 bits per heavy atom. The highest BCUT2D eigenvalue weighted by Gasteiger charge is 2.27. The third kappa shape index (κ3) is 4.18. The monoisotopic (exact) mass is 493 g/mol. The van der Waals surface area contributed by atoms with Crippen LogP contribution in [-0.4, -0.2) is 66.4 Å². The summed E-state index contributed by atoms with van der Waals surface area (Å²) in [5.74, 6) is -0.478. The minimum Gasteiger partial charge on any atom is -0.376 e. The first-order chi connectivity index (χ1) is 17.0. The molecule has 5 heterocycles. The maximum absolute atomic E-state index is 14.8. The van der Waals surface area contributed by atoms with Gasteiger partial charge in [-0.25, -0.2) is 12.8 Å². The predicted octanol–water partition coefficient (Wildman–Crippen LogP) is 3.41. The van der Waals surface area contributed by atoms with Gasteiger partial charge in [-0.15, -0.1) is 0 Å². The second-order valence-electron chi connectivity index (χ2n) is 8.81. The Labute approximate surface area is 202 Å². The molecule has 7 rings (SSSR count). The Kier molecular flexibility index (Phi) is 5.51. The van der Waals surface area contributed by atoms with Crippen LogP contribution in [0.3, 0.4) is 0 Å². The van der Waals surface area contributed by atoms with Crippen molar-refractivity contribution < 1.29 is 17.5 Å². The molecule has 3 aliphatic rings. The van der Waals surface area contributed by atoms with Crippen LogP contribution in [0.5, 0.6) is 0 Å². The summed E-state index contributed by atoms with van der Waals surface area (Å²) < 4.78 is 47.7. The number of hydrogen-bond acceptors (Lipinski definition) is 6. The van der Waals surface area contributed by atoms with Gasteiger partial charge in [-0.1, -0.05) is 18.2 Å². The number of hydrogen-bond donors (Lipinski definition) is 1. The number of anilines is 1. The molecule has 0 saturated carbocycles. The van der Waals surface area contributed by atoms with E-state index in [1.165, 1.54) is 10.4 Å². The molecule has 3 aliphatic heterocycles.